The van der Waals surface area contributed by atoms with Crippen LogP contribution in [0.15, 0.2) is 0 Å². The quantitative estimate of drug-likeness (QED) is 0.830. The molecular weight excluding hydrogens is 292 g/mol. The molecule has 1 saturated heterocycles. The van der Waals surface area contributed by atoms with Gasteiger partial charge in [-0.3, -0.25) is 9.59 Å². The number of hydrogen-bond acceptors (Lipinski definition) is 5. The molecule has 2 heterocycles. The van der Waals surface area contributed by atoms with Crippen LogP contribution in [0.1, 0.15) is 40.6 Å². The molecule has 21 heavy (non-hydrogen) atoms. The molecule has 1 aromatic rings. The number of nitrogens with one attached hydrogen (secondary N) is 2. The Bertz CT molecular complexity index is 594. The number of hydrogen-bond donors (Lipinski definition) is 2. The summed E-state index contributed by atoms with van der Waals surface area (Å²) in [6.45, 7) is 5.72. The number of thiophene rings is 1. The number of amides is 2. The number of carbonyl (C=O) groups excluding carboxylic acids is 3. The van der Waals surface area contributed by atoms with Gasteiger partial charge in [0.2, 0.25) is 11.8 Å². The monoisotopic (exact) mass is 310 g/mol. The highest BCUT2D eigenvalue weighted by molar-refractivity contribution is 7.16. The second-order valence-corrected chi connectivity index (χ2v) is 6.08. The van der Waals surface area contributed by atoms with Gasteiger partial charge < -0.3 is 15.4 Å². The first-order valence-corrected chi connectivity index (χ1v) is 7.63. The molecule has 0 bridgehead atoms. The molecule has 1 atom stereocenters. The summed E-state index contributed by atoms with van der Waals surface area (Å²) in [7, 11) is 0. The minimum atomic E-state index is -0.532. The molecule has 2 rings (SSSR count). The van der Waals surface area contributed by atoms with Crippen LogP contribution < -0.4 is 10.6 Å². The van der Waals surface area contributed by atoms with Gasteiger partial charge in [0.05, 0.1) is 12.2 Å². The van der Waals surface area contributed by atoms with E-state index in [9.17, 15) is 14.4 Å². The molecule has 0 radical (unpaired) electrons. The van der Waals surface area contributed by atoms with Crippen molar-refractivity contribution in [1.29, 1.82) is 0 Å². The van der Waals surface area contributed by atoms with E-state index in [4.69, 9.17) is 4.74 Å². The summed E-state index contributed by atoms with van der Waals surface area (Å²) in [6.07, 6.45) is 0.827. The minimum Gasteiger partial charge on any atom is -0.462 e. The largest absolute Gasteiger partial charge is 0.462 e. The Morgan fingerprint density at radius 2 is 2.14 bits per heavy atom. The maximum absolute atomic E-state index is 12.1. The Kier molecular flexibility index (Phi) is 4.62. The molecule has 2 amide bonds. The van der Waals surface area contributed by atoms with Gasteiger partial charge in [0.1, 0.15) is 11.0 Å². The first kappa shape index (κ1) is 15.5. The smallest absolute Gasteiger partial charge is 0.341 e. The van der Waals surface area contributed by atoms with Gasteiger partial charge >= 0.3 is 5.97 Å². The summed E-state index contributed by atoms with van der Waals surface area (Å²) in [6, 6.07) is -0.532. The van der Waals surface area contributed by atoms with Crippen molar-refractivity contribution in [2.24, 2.45) is 0 Å². The first-order valence-electron chi connectivity index (χ1n) is 6.81. The third-order valence-electron chi connectivity index (χ3n) is 3.41. The topological polar surface area (TPSA) is 84.5 Å². The van der Waals surface area contributed by atoms with E-state index < -0.39 is 12.0 Å². The third-order valence-corrected chi connectivity index (χ3v) is 4.54. The molecule has 0 saturated carbocycles. The third kappa shape index (κ3) is 3.24. The van der Waals surface area contributed by atoms with Gasteiger partial charge in [-0.2, -0.15) is 0 Å². The second-order valence-electron chi connectivity index (χ2n) is 4.86. The van der Waals surface area contributed by atoms with Crippen LogP contribution in [0.2, 0.25) is 0 Å². The van der Waals surface area contributed by atoms with E-state index in [0.717, 1.165) is 10.4 Å². The molecule has 114 valence electrons. The Balaban J connectivity index is 2.19. The lowest BCUT2D eigenvalue weighted by Gasteiger charge is -2.11. The SMILES string of the molecule is CCOC(=O)c1c(NC(=O)[C@H]2CCC(=O)N2)sc(C)c1C. The molecule has 0 spiro atoms. The summed E-state index contributed by atoms with van der Waals surface area (Å²) >= 11 is 1.34. The lowest BCUT2D eigenvalue weighted by Crippen LogP contribution is -2.37. The lowest BCUT2D eigenvalue weighted by atomic mass is 10.1. The highest BCUT2D eigenvalue weighted by Crippen LogP contribution is 2.33. The van der Waals surface area contributed by atoms with E-state index in [-0.39, 0.29) is 18.4 Å². The van der Waals surface area contributed by atoms with Crippen molar-refractivity contribution in [1.82, 2.24) is 5.32 Å². The fourth-order valence-corrected chi connectivity index (χ4v) is 3.23. The zero-order valence-electron chi connectivity index (χ0n) is 12.2. The van der Waals surface area contributed by atoms with Gasteiger partial charge in [0.15, 0.2) is 0 Å². The molecule has 7 heteroatoms. The number of carbonyl (C=O) groups is 3. The Hall–Kier alpha value is -1.89. The summed E-state index contributed by atoms with van der Waals surface area (Å²) in [5.74, 6) is -0.864. The summed E-state index contributed by atoms with van der Waals surface area (Å²) < 4.78 is 5.03. The van der Waals surface area contributed by atoms with Crippen LogP contribution >= 0.6 is 11.3 Å². The average Bonchev–Trinajstić information content (AvgIpc) is 2.95. The van der Waals surface area contributed by atoms with E-state index in [1.54, 1.807) is 6.92 Å². The Labute approximate surface area is 126 Å². The Morgan fingerprint density at radius 1 is 1.43 bits per heavy atom. The van der Waals surface area contributed by atoms with E-state index in [2.05, 4.69) is 10.6 Å². The summed E-state index contributed by atoms with van der Waals surface area (Å²) in [4.78, 5) is 36.3. The number of esters is 1. The van der Waals surface area contributed by atoms with Crippen LogP contribution in [0.25, 0.3) is 0 Å². The molecule has 0 aromatic carbocycles. The van der Waals surface area contributed by atoms with Crippen molar-refractivity contribution in [3.8, 4) is 0 Å². The fourth-order valence-electron chi connectivity index (χ4n) is 2.17. The predicted molar refractivity (Wildman–Crippen MR) is 79.5 cm³/mol. The average molecular weight is 310 g/mol. The van der Waals surface area contributed by atoms with Crippen molar-refractivity contribution >= 4 is 34.1 Å². The highest BCUT2D eigenvalue weighted by atomic mass is 32.1. The summed E-state index contributed by atoms with van der Waals surface area (Å²) in [5, 5.41) is 5.83. The van der Waals surface area contributed by atoms with Crippen molar-refractivity contribution in [2.45, 2.75) is 39.7 Å². The molecule has 6 nitrogen and oxygen atoms in total. The van der Waals surface area contributed by atoms with Gasteiger partial charge in [0, 0.05) is 11.3 Å². The van der Waals surface area contributed by atoms with Crippen molar-refractivity contribution in [2.75, 3.05) is 11.9 Å². The van der Waals surface area contributed by atoms with Crippen LogP contribution in [0.5, 0.6) is 0 Å². The van der Waals surface area contributed by atoms with Crippen molar-refractivity contribution < 1.29 is 19.1 Å². The standard InChI is InChI=1S/C14H18N2O4S/c1-4-20-14(19)11-7(2)8(3)21-13(11)16-12(18)9-5-6-10(17)15-9/h9H,4-6H2,1-3H3,(H,15,17)(H,16,18)/t9-/m1/s1. The van der Waals surface area contributed by atoms with Crippen LogP contribution in [0.4, 0.5) is 5.00 Å². The maximum atomic E-state index is 12.1. The molecule has 1 aliphatic heterocycles. The Morgan fingerprint density at radius 3 is 2.71 bits per heavy atom. The molecule has 0 unspecified atom stereocenters. The van der Waals surface area contributed by atoms with E-state index in [1.165, 1.54) is 11.3 Å². The molecule has 1 aliphatic rings. The van der Waals surface area contributed by atoms with Crippen LogP contribution in [0, 0.1) is 13.8 Å². The van der Waals surface area contributed by atoms with E-state index in [1.807, 2.05) is 13.8 Å². The van der Waals surface area contributed by atoms with Crippen LogP contribution in [-0.4, -0.2) is 30.4 Å². The van der Waals surface area contributed by atoms with E-state index >= 15 is 0 Å². The zero-order valence-corrected chi connectivity index (χ0v) is 13.1. The number of aryl methyl sites for hydroxylation is 1. The molecule has 2 N–H and O–H groups in total. The van der Waals surface area contributed by atoms with E-state index in [0.29, 0.717) is 23.4 Å². The molecule has 0 aliphatic carbocycles. The van der Waals surface area contributed by atoms with Crippen molar-refractivity contribution in [3.05, 3.63) is 16.0 Å². The normalized spacial score (nSPS) is 17.5. The number of anilines is 1. The van der Waals surface area contributed by atoms with Gasteiger partial charge in [-0.15, -0.1) is 11.3 Å². The predicted octanol–water partition coefficient (Wildman–Crippen LogP) is 1.76. The van der Waals surface area contributed by atoms with Gasteiger partial charge in [0.25, 0.3) is 0 Å². The highest BCUT2D eigenvalue weighted by Gasteiger charge is 2.29. The maximum Gasteiger partial charge on any atom is 0.341 e. The number of ether oxygens (including phenoxy) is 1. The van der Waals surface area contributed by atoms with Gasteiger partial charge in [-0.1, -0.05) is 0 Å². The van der Waals surface area contributed by atoms with Gasteiger partial charge in [-0.05, 0) is 32.8 Å². The zero-order chi connectivity index (χ0) is 15.6. The first-order chi connectivity index (χ1) is 9.93. The number of rotatable bonds is 4. The van der Waals surface area contributed by atoms with Crippen LogP contribution in [0.3, 0.4) is 0 Å². The van der Waals surface area contributed by atoms with Gasteiger partial charge in [-0.25, -0.2) is 4.79 Å². The van der Waals surface area contributed by atoms with Crippen LogP contribution in [-0.2, 0) is 14.3 Å². The second kappa shape index (κ2) is 6.26. The lowest BCUT2D eigenvalue weighted by molar-refractivity contribution is -0.122. The molecule has 1 aromatic heterocycles. The molecule has 1 fully saturated rings. The molecular formula is C14H18N2O4S. The minimum absolute atomic E-state index is 0.126. The fraction of sp³-hybridized carbons (Fsp3) is 0.500. The van der Waals surface area contributed by atoms with Crippen molar-refractivity contribution in [3.63, 3.8) is 0 Å². The summed E-state index contributed by atoms with van der Waals surface area (Å²) in [5.41, 5.74) is 1.21.